The number of unbranched alkanes of at least 4 members (excludes halogenated alkanes) is 3. The Morgan fingerprint density at radius 3 is 1.96 bits per heavy atom. The van der Waals surface area contributed by atoms with Gasteiger partial charge in [-0.05, 0) is 45.7 Å². The lowest BCUT2D eigenvalue weighted by atomic mass is 10.1. The summed E-state index contributed by atoms with van der Waals surface area (Å²) in [7, 11) is 0. The van der Waals surface area contributed by atoms with Crippen LogP contribution < -0.4 is 0 Å². The van der Waals surface area contributed by atoms with Gasteiger partial charge in [0.25, 0.3) is 0 Å². The van der Waals surface area contributed by atoms with E-state index in [2.05, 4.69) is 60.0 Å². The van der Waals surface area contributed by atoms with Gasteiger partial charge in [0.15, 0.2) is 6.23 Å². The van der Waals surface area contributed by atoms with E-state index < -0.39 is 0 Å². The molecule has 1 heterocycles. The van der Waals surface area contributed by atoms with Crippen LogP contribution >= 0.6 is 0 Å². The maximum Gasteiger partial charge on any atom is 0.169 e. The molecule has 3 heteroatoms. The van der Waals surface area contributed by atoms with E-state index in [9.17, 15) is 0 Å². The van der Waals surface area contributed by atoms with Gasteiger partial charge in [0.1, 0.15) is 0 Å². The monoisotopic (exact) mass is 353 g/mol. The van der Waals surface area contributed by atoms with Crippen molar-refractivity contribution in [3.63, 3.8) is 0 Å². The van der Waals surface area contributed by atoms with Crippen molar-refractivity contribution in [2.24, 2.45) is 0 Å². The largest absolute Gasteiger partial charge is 0.311 e. The van der Waals surface area contributed by atoms with Crippen molar-refractivity contribution in [2.45, 2.75) is 71.6 Å². The Hall–Kier alpha value is -1.84. The fourth-order valence-electron chi connectivity index (χ4n) is 3.43. The lowest BCUT2D eigenvalue weighted by Gasteiger charge is -2.25. The minimum Gasteiger partial charge on any atom is -0.311 e. The molecule has 0 saturated heterocycles. The molecule has 0 aliphatic rings. The van der Waals surface area contributed by atoms with E-state index in [0.29, 0.717) is 0 Å². The molecule has 0 amide bonds. The SMILES string of the molecule is CCCCCCC(OOC(C)(C)C)n1c2ccccc2c2ccccc21. The van der Waals surface area contributed by atoms with E-state index >= 15 is 0 Å². The van der Waals surface area contributed by atoms with Crippen LogP contribution in [0.3, 0.4) is 0 Å². The van der Waals surface area contributed by atoms with Crippen LogP contribution in [0.5, 0.6) is 0 Å². The molecule has 26 heavy (non-hydrogen) atoms. The van der Waals surface area contributed by atoms with E-state index in [-0.39, 0.29) is 11.8 Å². The second-order valence-corrected chi connectivity index (χ2v) is 8.00. The van der Waals surface area contributed by atoms with Gasteiger partial charge < -0.3 is 4.57 Å². The first kappa shape index (κ1) is 18.9. The fourth-order valence-corrected chi connectivity index (χ4v) is 3.43. The first-order valence-corrected chi connectivity index (χ1v) is 9.83. The van der Waals surface area contributed by atoms with Gasteiger partial charge in [0, 0.05) is 10.8 Å². The number of hydrogen-bond donors (Lipinski definition) is 0. The van der Waals surface area contributed by atoms with Crippen LogP contribution in [0, 0.1) is 0 Å². The number of para-hydroxylation sites is 2. The van der Waals surface area contributed by atoms with Crippen molar-refractivity contribution in [3.8, 4) is 0 Å². The molecule has 2 aromatic carbocycles. The molecule has 0 fully saturated rings. The van der Waals surface area contributed by atoms with Gasteiger partial charge >= 0.3 is 0 Å². The van der Waals surface area contributed by atoms with E-state index in [4.69, 9.17) is 9.78 Å². The summed E-state index contributed by atoms with van der Waals surface area (Å²) in [5.74, 6) is 0. The number of fused-ring (bicyclic) bond motifs is 3. The molecule has 3 nitrogen and oxygen atoms in total. The van der Waals surface area contributed by atoms with E-state index in [1.54, 1.807) is 0 Å². The lowest BCUT2D eigenvalue weighted by molar-refractivity contribution is -0.389. The number of aromatic nitrogens is 1. The first-order valence-electron chi connectivity index (χ1n) is 9.83. The van der Waals surface area contributed by atoms with Gasteiger partial charge in [-0.3, -0.25) is 0 Å². The van der Waals surface area contributed by atoms with Crippen LogP contribution in [0.4, 0.5) is 0 Å². The van der Waals surface area contributed by atoms with Crippen molar-refractivity contribution in [1.82, 2.24) is 4.57 Å². The Balaban J connectivity index is 2.00. The third kappa shape index (κ3) is 4.28. The van der Waals surface area contributed by atoms with E-state index in [1.807, 2.05) is 20.8 Å². The van der Waals surface area contributed by atoms with Crippen molar-refractivity contribution in [2.75, 3.05) is 0 Å². The molecule has 0 aliphatic carbocycles. The van der Waals surface area contributed by atoms with Gasteiger partial charge in [-0.15, -0.1) is 0 Å². The second kappa shape index (κ2) is 8.24. The van der Waals surface area contributed by atoms with Crippen LogP contribution in [0.1, 0.15) is 66.0 Å². The zero-order valence-electron chi connectivity index (χ0n) is 16.5. The molecule has 0 N–H and O–H groups in total. The van der Waals surface area contributed by atoms with Crippen molar-refractivity contribution >= 4 is 21.8 Å². The summed E-state index contributed by atoms with van der Waals surface area (Å²) < 4.78 is 2.31. The molecule has 0 aliphatic heterocycles. The summed E-state index contributed by atoms with van der Waals surface area (Å²) in [6, 6.07) is 17.1. The molecular formula is C23H31NO2. The molecule has 1 aromatic heterocycles. The summed E-state index contributed by atoms with van der Waals surface area (Å²) in [4.78, 5) is 11.8. The van der Waals surface area contributed by atoms with Crippen molar-refractivity contribution in [3.05, 3.63) is 48.5 Å². The molecule has 3 aromatic rings. The highest BCUT2D eigenvalue weighted by Gasteiger charge is 2.22. The highest BCUT2D eigenvalue weighted by Crippen LogP contribution is 2.34. The molecule has 140 valence electrons. The van der Waals surface area contributed by atoms with E-state index in [0.717, 1.165) is 12.8 Å². The van der Waals surface area contributed by atoms with Gasteiger partial charge in [0.05, 0.1) is 16.6 Å². The Labute approximate surface area is 156 Å². The van der Waals surface area contributed by atoms with Crippen LogP contribution in [0.25, 0.3) is 21.8 Å². The minimum absolute atomic E-state index is 0.129. The Morgan fingerprint density at radius 2 is 1.42 bits per heavy atom. The zero-order chi connectivity index (χ0) is 18.6. The number of rotatable bonds is 8. The molecule has 0 bridgehead atoms. The average Bonchev–Trinajstić information content (AvgIpc) is 2.95. The van der Waals surface area contributed by atoms with Gasteiger partial charge in [0.2, 0.25) is 0 Å². The topological polar surface area (TPSA) is 23.4 Å². The summed E-state index contributed by atoms with van der Waals surface area (Å²) in [6.45, 7) is 8.30. The molecule has 0 spiro atoms. The standard InChI is InChI=1S/C23H31NO2/c1-5-6-7-8-17-22(25-26-23(2,3)4)24-20-15-11-9-13-18(20)19-14-10-12-16-21(19)24/h9-16,22H,5-8,17H2,1-4H3. The third-order valence-electron chi connectivity index (χ3n) is 4.62. The second-order valence-electron chi connectivity index (χ2n) is 8.00. The first-order chi connectivity index (χ1) is 12.5. The van der Waals surface area contributed by atoms with Gasteiger partial charge in [-0.2, -0.15) is 0 Å². The van der Waals surface area contributed by atoms with E-state index in [1.165, 1.54) is 41.1 Å². The lowest BCUT2D eigenvalue weighted by Crippen LogP contribution is -2.23. The Morgan fingerprint density at radius 1 is 0.846 bits per heavy atom. The van der Waals surface area contributed by atoms with Crippen LogP contribution in [0.15, 0.2) is 48.5 Å². The summed E-state index contributed by atoms with van der Waals surface area (Å²) >= 11 is 0. The van der Waals surface area contributed by atoms with Crippen LogP contribution in [-0.2, 0) is 9.78 Å². The maximum absolute atomic E-state index is 6.01. The van der Waals surface area contributed by atoms with Crippen LogP contribution in [0.2, 0.25) is 0 Å². The van der Waals surface area contributed by atoms with Crippen molar-refractivity contribution in [1.29, 1.82) is 0 Å². The molecule has 1 atom stereocenters. The molecule has 0 saturated carbocycles. The van der Waals surface area contributed by atoms with Crippen LogP contribution in [-0.4, -0.2) is 10.2 Å². The zero-order valence-corrected chi connectivity index (χ0v) is 16.5. The number of benzene rings is 2. The Kier molecular flexibility index (Phi) is 6.00. The smallest absolute Gasteiger partial charge is 0.169 e. The third-order valence-corrected chi connectivity index (χ3v) is 4.62. The highest BCUT2D eigenvalue weighted by atomic mass is 17.2. The number of hydrogen-bond acceptors (Lipinski definition) is 2. The Bertz CT molecular complexity index is 791. The normalized spacial score (nSPS) is 13.5. The van der Waals surface area contributed by atoms with Crippen molar-refractivity contribution < 1.29 is 9.78 Å². The summed E-state index contributed by atoms with van der Waals surface area (Å²) in [5.41, 5.74) is 2.07. The summed E-state index contributed by atoms with van der Waals surface area (Å²) in [6.07, 6.45) is 5.67. The minimum atomic E-state index is -0.333. The quantitative estimate of drug-likeness (QED) is 0.247. The van der Waals surface area contributed by atoms with Gasteiger partial charge in [-0.1, -0.05) is 62.6 Å². The van der Waals surface area contributed by atoms with Gasteiger partial charge in [-0.25, -0.2) is 9.78 Å². The highest BCUT2D eigenvalue weighted by molar-refractivity contribution is 6.08. The molecular weight excluding hydrogens is 322 g/mol. The predicted molar refractivity (Wildman–Crippen MR) is 109 cm³/mol. The fraction of sp³-hybridized carbons (Fsp3) is 0.478. The maximum atomic E-state index is 6.01. The molecule has 3 rings (SSSR count). The molecule has 0 radical (unpaired) electrons. The molecule has 1 unspecified atom stereocenters. The average molecular weight is 354 g/mol. The summed E-state index contributed by atoms with van der Waals surface area (Å²) in [5, 5.41) is 2.53. The predicted octanol–water partition coefficient (Wildman–Crippen LogP) is 7.01. The number of nitrogens with zero attached hydrogens (tertiary/aromatic N) is 1.